The highest BCUT2D eigenvalue weighted by Gasteiger charge is 2.31. The van der Waals surface area contributed by atoms with Crippen LogP contribution in [0.2, 0.25) is 0 Å². The van der Waals surface area contributed by atoms with Gasteiger partial charge in [0.05, 0.1) is 4.47 Å². The third kappa shape index (κ3) is 3.81. The Bertz CT molecular complexity index is 683. The van der Waals surface area contributed by atoms with Crippen molar-refractivity contribution in [2.24, 2.45) is 0 Å². The number of hydrogen-bond acceptors (Lipinski definition) is 2. The van der Waals surface area contributed by atoms with Gasteiger partial charge in [0, 0.05) is 11.1 Å². The van der Waals surface area contributed by atoms with E-state index in [1.54, 1.807) is 0 Å². The molecule has 110 valence electrons. The summed E-state index contributed by atoms with van der Waals surface area (Å²) in [6.45, 7) is 0. The first kappa shape index (κ1) is 15.5. The van der Waals surface area contributed by atoms with Gasteiger partial charge in [-0.2, -0.15) is 0 Å². The van der Waals surface area contributed by atoms with Crippen molar-refractivity contribution >= 4 is 21.7 Å². The van der Waals surface area contributed by atoms with Gasteiger partial charge in [-0.1, -0.05) is 18.2 Å². The molecule has 0 spiro atoms. The van der Waals surface area contributed by atoms with Crippen LogP contribution in [0.1, 0.15) is 15.9 Å². The van der Waals surface area contributed by atoms with E-state index < -0.39 is 23.7 Å². The predicted octanol–water partition coefficient (Wildman–Crippen LogP) is 4.72. The zero-order valence-electron chi connectivity index (χ0n) is 10.2. The Hall–Kier alpha value is -1.89. The molecule has 0 saturated carbocycles. The number of ether oxygens (including phenoxy) is 1. The summed E-state index contributed by atoms with van der Waals surface area (Å²) in [6.07, 6.45) is -4.85. The van der Waals surface area contributed by atoms with Crippen molar-refractivity contribution in [2.45, 2.75) is 6.36 Å². The summed E-state index contributed by atoms with van der Waals surface area (Å²) in [6, 6.07) is 8.46. The molecule has 0 unspecified atom stereocenters. The van der Waals surface area contributed by atoms with Crippen LogP contribution < -0.4 is 4.74 Å². The fourth-order valence-electron chi connectivity index (χ4n) is 1.67. The van der Waals surface area contributed by atoms with Crippen LogP contribution in [-0.4, -0.2) is 12.1 Å². The molecule has 0 aliphatic carbocycles. The Morgan fingerprint density at radius 2 is 1.76 bits per heavy atom. The number of alkyl halides is 3. The maximum absolute atomic E-state index is 13.4. The Kier molecular flexibility index (Phi) is 4.32. The average Bonchev–Trinajstić information content (AvgIpc) is 2.39. The molecule has 0 saturated heterocycles. The molecule has 0 fully saturated rings. The van der Waals surface area contributed by atoms with E-state index in [0.29, 0.717) is 0 Å². The van der Waals surface area contributed by atoms with E-state index in [0.717, 1.165) is 18.2 Å². The van der Waals surface area contributed by atoms with Gasteiger partial charge < -0.3 is 4.74 Å². The first-order valence-electron chi connectivity index (χ1n) is 5.62. The third-order valence-electron chi connectivity index (χ3n) is 2.53. The van der Waals surface area contributed by atoms with Gasteiger partial charge in [-0.3, -0.25) is 4.79 Å². The summed E-state index contributed by atoms with van der Waals surface area (Å²) in [5.41, 5.74) is -0.0257. The van der Waals surface area contributed by atoms with Crippen LogP contribution in [0, 0.1) is 5.82 Å². The van der Waals surface area contributed by atoms with Crippen molar-refractivity contribution in [3.8, 4) is 5.75 Å². The van der Waals surface area contributed by atoms with Gasteiger partial charge >= 0.3 is 6.36 Å². The minimum atomic E-state index is -4.85. The van der Waals surface area contributed by atoms with Crippen LogP contribution in [0.25, 0.3) is 0 Å². The van der Waals surface area contributed by atoms with E-state index >= 15 is 0 Å². The lowest BCUT2D eigenvalue weighted by Crippen LogP contribution is -2.17. The summed E-state index contributed by atoms with van der Waals surface area (Å²) in [4.78, 5) is 12.2. The summed E-state index contributed by atoms with van der Waals surface area (Å²) in [5.74, 6) is -1.77. The minimum Gasteiger partial charge on any atom is -0.406 e. The van der Waals surface area contributed by atoms with Crippen molar-refractivity contribution in [2.75, 3.05) is 0 Å². The molecule has 2 nitrogen and oxygen atoms in total. The molecule has 0 N–H and O–H groups in total. The van der Waals surface area contributed by atoms with Crippen LogP contribution in [0.3, 0.4) is 0 Å². The summed E-state index contributed by atoms with van der Waals surface area (Å²) in [5, 5.41) is 0. The van der Waals surface area contributed by atoms with Crippen LogP contribution >= 0.6 is 15.9 Å². The molecule has 7 heteroatoms. The van der Waals surface area contributed by atoms with E-state index in [1.165, 1.54) is 24.3 Å². The molecular formula is C14H7BrF4O2. The number of hydrogen-bond donors (Lipinski definition) is 0. The van der Waals surface area contributed by atoms with Crippen molar-refractivity contribution < 1.29 is 27.1 Å². The monoisotopic (exact) mass is 362 g/mol. The Labute approximate surface area is 125 Å². The molecule has 2 rings (SSSR count). The quantitative estimate of drug-likeness (QED) is 0.583. The smallest absolute Gasteiger partial charge is 0.406 e. The highest BCUT2D eigenvalue weighted by Crippen LogP contribution is 2.27. The summed E-state index contributed by atoms with van der Waals surface area (Å²) < 4.78 is 53.5. The highest BCUT2D eigenvalue weighted by molar-refractivity contribution is 9.10. The first-order valence-corrected chi connectivity index (χ1v) is 6.42. The van der Waals surface area contributed by atoms with Gasteiger partial charge in [0.25, 0.3) is 0 Å². The lowest BCUT2D eigenvalue weighted by molar-refractivity contribution is -0.274. The second-order valence-corrected chi connectivity index (χ2v) is 4.80. The summed E-state index contributed by atoms with van der Waals surface area (Å²) >= 11 is 2.94. The molecule has 2 aromatic rings. The fraction of sp³-hybridized carbons (Fsp3) is 0.0714. The SMILES string of the molecule is O=C(c1cccc(OC(F)(F)F)c1)c1cccc(F)c1Br. The lowest BCUT2D eigenvalue weighted by atomic mass is 10.0. The second kappa shape index (κ2) is 5.85. The zero-order valence-corrected chi connectivity index (χ0v) is 11.8. The van der Waals surface area contributed by atoms with Gasteiger partial charge in [0.2, 0.25) is 0 Å². The van der Waals surface area contributed by atoms with Gasteiger partial charge in [-0.25, -0.2) is 4.39 Å². The molecule has 0 aliphatic rings. The molecule has 0 bridgehead atoms. The van der Waals surface area contributed by atoms with E-state index in [-0.39, 0.29) is 15.6 Å². The standard InChI is InChI=1S/C14H7BrF4O2/c15-12-10(5-2-6-11(12)16)13(20)8-3-1-4-9(7-8)21-14(17,18)19/h1-7H. The normalized spacial score (nSPS) is 11.3. The number of benzene rings is 2. The topological polar surface area (TPSA) is 26.3 Å². The molecule has 0 amide bonds. The van der Waals surface area contributed by atoms with Crippen molar-refractivity contribution in [3.05, 3.63) is 63.9 Å². The number of carbonyl (C=O) groups excluding carboxylic acids is 1. The van der Waals surface area contributed by atoms with E-state index in [9.17, 15) is 22.4 Å². The van der Waals surface area contributed by atoms with E-state index in [2.05, 4.69) is 20.7 Å². The molecule has 0 aliphatic heterocycles. The molecule has 0 radical (unpaired) electrons. The molecule has 0 atom stereocenters. The van der Waals surface area contributed by atoms with Gasteiger partial charge in [-0.15, -0.1) is 13.2 Å². The number of ketones is 1. The van der Waals surface area contributed by atoms with Crippen molar-refractivity contribution in [1.29, 1.82) is 0 Å². The molecule has 2 aromatic carbocycles. The third-order valence-corrected chi connectivity index (χ3v) is 3.33. The molecule has 0 heterocycles. The van der Waals surface area contributed by atoms with Crippen LogP contribution in [0.15, 0.2) is 46.9 Å². The van der Waals surface area contributed by atoms with Crippen molar-refractivity contribution in [3.63, 3.8) is 0 Å². The Morgan fingerprint density at radius 3 is 2.43 bits per heavy atom. The Morgan fingerprint density at radius 1 is 1.10 bits per heavy atom. The van der Waals surface area contributed by atoms with Crippen LogP contribution in [0.4, 0.5) is 17.6 Å². The largest absolute Gasteiger partial charge is 0.573 e. The molecule has 0 aromatic heterocycles. The first-order chi connectivity index (χ1) is 9.78. The maximum atomic E-state index is 13.4. The van der Waals surface area contributed by atoms with Crippen LogP contribution in [-0.2, 0) is 0 Å². The number of carbonyl (C=O) groups is 1. The van der Waals surface area contributed by atoms with E-state index in [1.807, 2.05) is 0 Å². The molecular weight excluding hydrogens is 356 g/mol. The number of halogens is 5. The highest BCUT2D eigenvalue weighted by atomic mass is 79.9. The average molecular weight is 363 g/mol. The van der Waals surface area contributed by atoms with Crippen molar-refractivity contribution in [1.82, 2.24) is 0 Å². The minimum absolute atomic E-state index is 0.0131. The predicted molar refractivity (Wildman–Crippen MR) is 70.7 cm³/mol. The molecule has 21 heavy (non-hydrogen) atoms. The fourth-order valence-corrected chi connectivity index (χ4v) is 2.11. The van der Waals surface area contributed by atoms with Crippen LogP contribution in [0.5, 0.6) is 5.75 Å². The lowest BCUT2D eigenvalue weighted by Gasteiger charge is -2.10. The Balaban J connectivity index is 2.36. The maximum Gasteiger partial charge on any atom is 0.573 e. The van der Waals surface area contributed by atoms with E-state index in [4.69, 9.17) is 0 Å². The zero-order chi connectivity index (χ0) is 15.6. The number of rotatable bonds is 3. The van der Waals surface area contributed by atoms with Gasteiger partial charge in [0.1, 0.15) is 11.6 Å². The second-order valence-electron chi connectivity index (χ2n) is 4.01. The van der Waals surface area contributed by atoms with Gasteiger partial charge in [0.15, 0.2) is 5.78 Å². The van der Waals surface area contributed by atoms with Gasteiger partial charge in [-0.05, 0) is 40.2 Å². The summed E-state index contributed by atoms with van der Waals surface area (Å²) in [7, 11) is 0.